The molecule has 10 heteroatoms. The van der Waals surface area contributed by atoms with Crippen LogP contribution in [0, 0.1) is 5.82 Å². The van der Waals surface area contributed by atoms with Gasteiger partial charge in [0.15, 0.2) is 15.7 Å². The van der Waals surface area contributed by atoms with Gasteiger partial charge < -0.3 is 4.84 Å². The van der Waals surface area contributed by atoms with Crippen LogP contribution in [0.5, 0.6) is 0 Å². The number of rotatable bonds is 8. The number of sulfone groups is 1. The number of hydrogen-bond acceptors (Lipinski definition) is 5. The van der Waals surface area contributed by atoms with E-state index in [0.29, 0.717) is 5.52 Å². The Morgan fingerprint density at radius 3 is 2.55 bits per heavy atom. The van der Waals surface area contributed by atoms with Crippen LogP contribution in [0.25, 0.3) is 11.0 Å². The predicted molar refractivity (Wildman–Crippen MR) is 102 cm³/mol. The highest BCUT2D eigenvalue weighted by molar-refractivity contribution is 7.91. The molecule has 1 aromatic heterocycles. The quantitative estimate of drug-likeness (QED) is 0.235. The molecule has 0 spiro atoms. The van der Waals surface area contributed by atoms with Crippen LogP contribution in [0.1, 0.15) is 25.7 Å². The minimum absolute atomic E-state index is 0.0178. The van der Waals surface area contributed by atoms with Crippen molar-refractivity contribution in [3.05, 3.63) is 60.2 Å². The summed E-state index contributed by atoms with van der Waals surface area (Å²) in [5.74, 6) is -0.769. The average molecular weight is 425 g/mol. The lowest BCUT2D eigenvalue weighted by atomic mass is 10.3. The van der Waals surface area contributed by atoms with Crippen LogP contribution in [0.3, 0.4) is 0 Å². The van der Waals surface area contributed by atoms with Gasteiger partial charge in [0.1, 0.15) is 18.1 Å². The highest BCUT2D eigenvalue weighted by Gasteiger charge is 2.19. The lowest BCUT2D eigenvalue weighted by Gasteiger charge is -2.07. The van der Waals surface area contributed by atoms with E-state index in [9.17, 15) is 21.6 Å². The first-order chi connectivity index (χ1) is 13.8. The molecule has 0 bridgehead atoms. The topological polar surface area (TPSA) is 73.6 Å². The molecule has 0 unspecified atom stereocenters. The Balaban J connectivity index is 1.63. The predicted octanol–water partition coefficient (Wildman–Crippen LogP) is 4.18. The standard InChI is InChI=1S/C19H18F3N3O3S/c1-13(18-23-16-5-2-3-6-17(16)25(18)19(21)22)24-28-11-4-12-29(26,27)15-9-7-14(20)8-10-15/h2-3,5-10,19H,4,11-12H2,1H3/b24-13-. The molecule has 0 aliphatic rings. The monoisotopic (exact) mass is 425 g/mol. The third-order valence-electron chi connectivity index (χ3n) is 4.14. The van der Waals surface area contributed by atoms with Crippen molar-refractivity contribution in [3.8, 4) is 0 Å². The van der Waals surface area contributed by atoms with Crippen molar-refractivity contribution >= 4 is 26.6 Å². The van der Waals surface area contributed by atoms with Gasteiger partial charge in [-0.15, -0.1) is 0 Å². The molecule has 0 amide bonds. The Hall–Kier alpha value is -2.88. The number of oxime groups is 1. The van der Waals surface area contributed by atoms with E-state index < -0.39 is 22.2 Å². The van der Waals surface area contributed by atoms with E-state index in [1.54, 1.807) is 18.2 Å². The molecule has 0 atom stereocenters. The fraction of sp³-hybridized carbons (Fsp3) is 0.263. The smallest absolute Gasteiger partial charge is 0.320 e. The first kappa shape index (κ1) is 20.8. The third-order valence-corrected chi connectivity index (χ3v) is 5.95. The second kappa shape index (κ2) is 8.64. The molecule has 0 saturated heterocycles. The SMILES string of the molecule is C/C(=N/OCCCS(=O)(=O)c1ccc(F)cc1)c1nc2ccccc2n1C(F)F. The first-order valence-corrected chi connectivity index (χ1v) is 10.4. The van der Waals surface area contributed by atoms with Gasteiger partial charge in [-0.05, 0) is 49.7 Å². The second-order valence-corrected chi connectivity index (χ2v) is 8.32. The van der Waals surface area contributed by atoms with Gasteiger partial charge in [0.05, 0.1) is 21.7 Å². The summed E-state index contributed by atoms with van der Waals surface area (Å²) in [6.45, 7) is -1.36. The number of hydrogen-bond donors (Lipinski definition) is 0. The maximum absolute atomic E-state index is 13.4. The zero-order chi connectivity index (χ0) is 21.0. The number of benzene rings is 2. The summed E-state index contributed by atoms with van der Waals surface area (Å²) < 4.78 is 64.9. The number of fused-ring (bicyclic) bond motifs is 1. The van der Waals surface area contributed by atoms with Crippen LogP contribution in [0.15, 0.2) is 58.6 Å². The van der Waals surface area contributed by atoms with E-state index >= 15 is 0 Å². The molecular formula is C19H18F3N3O3S. The molecule has 6 nitrogen and oxygen atoms in total. The maximum atomic E-state index is 13.4. The van der Waals surface area contributed by atoms with Gasteiger partial charge in [0.25, 0.3) is 0 Å². The minimum atomic E-state index is -3.58. The first-order valence-electron chi connectivity index (χ1n) is 8.70. The van der Waals surface area contributed by atoms with E-state index in [1.807, 2.05) is 0 Å². The van der Waals surface area contributed by atoms with Crippen molar-refractivity contribution in [2.45, 2.75) is 24.8 Å². The van der Waals surface area contributed by atoms with Gasteiger partial charge >= 0.3 is 6.55 Å². The Labute approximate surface area is 165 Å². The van der Waals surface area contributed by atoms with Gasteiger partial charge in [-0.2, -0.15) is 8.78 Å². The molecular weight excluding hydrogens is 407 g/mol. The van der Waals surface area contributed by atoms with Crippen molar-refractivity contribution in [1.82, 2.24) is 9.55 Å². The lowest BCUT2D eigenvalue weighted by Crippen LogP contribution is -2.11. The average Bonchev–Trinajstić information content (AvgIpc) is 3.08. The van der Waals surface area contributed by atoms with Crippen molar-refractivity contribution in [3.63, 3.8) is 0 Å². The Bertz CT molecular complexity index is 1130. The molecule has 3 aromatic rings. The number of nitrogens with zero attached hydrogens (tertiary/aromatic N) is 3. The number of halogens is 3. The largest absolute Gasteiger partial charge is 0.395 e. The van der Waals surface area contributed by atoms with Crippen LogP contribution in [0.4, 0.5) is 13.2 Å². The van der Waals surface area contributed by atoms with Crippen molar-refractivity contribution in [1.29, 1.82) is 0 Å². The van der Waals surface area contributed by atoms with E-state index in [0.717, 1.165) is 16.7 Å². The highest BCUT2D eigenvalue weighted by Crippen LogP contribution is 2.23. The molecule has 2 aromatic carbocycles. The molecule has 0 N–H and O–H groups in total. The molecule has 0 fully saturated rings. The molecule has 154 valence electrons. The molecule has 0 saturated carbocycles. The van der Waals surface area contributed by atoms with E-state index in [-0.39, 0.29) is 40.7 Å². The van der Waals surface area contributed by atoms with E-state index in [1.165, 1.54) is 25.1 Å². The van der Waals surface area contributed by atoms with Gasteiger partial charge in [-0.25, -0.2) is 17.8 Å². The molecule has 0 aliphatic carbocycles. The molecule has 1 heterocycles. The second-order valence-electron chi connectivity index (χ2n) is 6.21. The maximum Gasteiger partial charge on any atom is 0.320 e. The fourth-order valence-electron chi connectivity index (χ4n) is 2.75. The van der Waals surface area contributed by atoms with Crippen LogP contribution in [-0.4, -0.2) is 36.0 Å². The third kappa shape index (κ3) is 4.76. The zero-order valence-corrected chi connectivity index (χ0v) is 16.2. The van der Waals surface area contributed by atoms with Crippen LogP contribution in [0.2, 0.25) is 0 Å². The summed E-state index contributed by atoms with van der Waals surface area (Å²) in [7, 11) is -3.58. The van der Waals surface area contributed by atoms with Gasteiger partial charge in [-0.1, -0.05) is 17.3 Å². The Morgan fingerprint density at radius 2 is 1.86 bits per heavy atom. The van der Waals surface area contributed by atoms with E-state index in [4.69, 9.17) is 4.84 Å². The summed E-state index contributed by atoms with van der Waals surface area (Å²) in [5.41, 5.74) is 0.822. The summed E-state index contributed by atoms with van der Waals surface area (Å²) in [6, 6.07) is 11.0. The summed E-state index contributed by atoms with van der Waals surface area (Å²) in [5, 5.41) is 3.79. The lowest BCUT2D eigenvalue weighted by molar-refractivity contribution is 0.0737. The van der Waals surface area contributed by atoms with Crippen molar-refractivity contribution < 1.29 is 26.4 Å². The van der Waals surface area contributed by atoms with Crippen LogP contribution >= 0.6 is 0 Å². The van der Waals surface area contributed by atoms with Gasteiger partial charge in [-0.3, -0.25) is 4.57 Å². The van der Waals surface area contributed by atoms with Crippen molar-refractivity contribution in [2.75, 3.05) is 12.4 Å². The molecule has 0 radical (unpaired) electrons. The molecule has 29 heavy (non-hydrogen) atoms. The molecule has 0 aliphatic heterocycles. The summed E-state index contributed by atoms with van der Waals surface area (Å²) >= 11 is 0. The van der Waals surface area contributed by atoms with Gasteiger partial charge in [0, 0.05) is 0 Å². The molecule has 3 rings (SSSR count). The Kier molecular flexibility index (Phi) is 6.21. The number of para-hydroxylation sites is 2. The zero-order valence-electron chi connectivity index (χ0n) is 15.4. The number of imidazole rings is 1. The highest BCUT2D eigenvalue weighted by atomic mass is 32.2. The minimum Gasteiger partial charge on any atom is -0.395 e. The Morgan fingerprint density at radius 1 is 1.17 bits per heavy atom. The number of alkyl halides is 2. The number of aromatic nitrogens is 2. The van der Waals surface area contributed by atoms with Gasteiger partial charge in [0.2, 0.25) is 0 Å². The summed E-state index contributed by atoms with van der Waals surface area (Å²) in [4.78, 5) is 9.28. The fourth-order valence-corrected chi connectivity index (χ4v) is 4.04. The summed E-state index contributed by atoms with van der Waals surface area (Å²) in [6.07, 6.45) is 0.127. The van der Waals surface area contributed by atoms with E-state index in [2.05, 4.69) is 10.1 Å². The van der Waals surface area contributed by atoms with Crippen LogP contribution in [-0.2, 0) is 14.7 Å². The van der Waals surface area contributed by atoms with Crippen molar-refractivity contribution in [2.24, 2.45) is 5.16 Å². The normalized spacial score (nSPS) is 12.7. The van der Waals surface area contributed by atoms with Crippen LogP contribution < -0.4 is 0 Å².